The second-order valence-electron chi connectivity index (χ2n) is 5.71. The fraction of sp³-hybridized carbons (Fsp3) is 0.467. The fourth-order valence-electron chi connectivity index (χ4n) is 1.58. The van der Waals surface area contributed by atoms with E-state index in [2.05, 4.69) is 15.3 Å². The molecule has 0 fully saturated rings. The first kappa shape index (κ1) is 18.3. The highest BCUT2D eigenvalue weighted by Gasteiger charge is 2.25. The highest BCUT2D eigenvalue weighted by atomic mass is 16.6. The van der Waals surface area contributed by atoms with Crippen molar-refractivity contribution in [2.75, 3.05) is 6.54 Å². The van der Waals surface area contributed by atoms with E-state index in [4.69, 9.17) is 15.0 Å². The lowest BCUT2D eigenvalue weighted by atomic mass is 10.2. The van der Waals surface area contributed by atoms with E-state index in [1.807, 2.05) is 18.2 Å². The number of esters is 1. The highest BCUT2D eigenvalue weighted by Crippen LogP contribution is 2.07. The van der Waals surface area contributed by atoms with Crippen molar-refractivity contribution in [3.8, 4) is 0 Å². The highest BCUT2D eigenvalue weighted by molar-refractivity contribution is 5.81. The molecule has 0 saturated heterocycles. The molecule has 1 rings (SSSR count). The summed E-state index contributed by atoms with van der Waals surface area (Å²) in [5, 5.41) is 5.65. The first-order valence-corrected chi connectivity index (χ1v) is 7.03. The monoisotopic (exact) mass is 320 g/mol. The van der Waals surface area contributed by atoms with Gasteiger partial charge in [-0.25, -0.2) is 9.59 Å². The molecule has 8 heteroatoms. The third kappa shape index (κ3) is 7.73. The molecule has 0 bridgehead atoms. The SMILES string of the molecule is CC(C)(C)OC(=O)N[C@@H](CN=[N+]=[N-])C(=O)OCc1ccccc1. The Balaban J connectivity index is 2.63. The summed E-state index contributed by atoms with van der Waals surface area (Å²) in [4.78, 5) is 26.4. The molecule has 0 aromatic heterocycles. The normalized spacial score (nSPS) is 11.8. The van der Waals surface area contributed by atoms with Crippen LogP contribution in [0.3, 0.4) is 0 Å². The zero-order valence-corrected chi connectivity index (χ0v) is 13.4. The summed E-state index contributed by atoms with van der Waals surface area (Å²) in [5.74, 6) is -0.702. The van der Waals surface area contributed by atoms with E-state index < -0.39 is 23.7 Å². The Hall–Kier alpha value is -2.73. The molecule has 0 aliphatic rings. The van der Waals surface area contributed by atoms with E-state index >= 15 is 0 Å². The Bertz CT molecular complexity index is 577. The maximum absolute atomic E-state index is 12.0. The molecule has 0 unspecified atom stereocenters. The minimum absolute atomic E-state index is 0.0580. The van der Waals surface area contributed by atoms with Crippen LogP contribution in [0.2, 0.25) is 0 Å². The molecule has 0 aliphatic carbocycles. The summed E-state index contributed by atoms with van der Waals surface area (Å²) in [6.45, 7) is 4.89. The van der Waals surface area contributed by atoms with Crippen LogP contribution in [0.4, 0.5) is 4.79 Å². The van der Waals surface area contributed by atoms with Gasteiger partial charge in [0.15, 0.2) is 0 Å². The number of azide groups is 1. The van der Waals surface area contributed by atoms with E-state index in [-0.39, 0.29) is 13.2 Å². The minimum Gasteiger partial charge on any atom is -0.459 e. The zero-order valence-electron chi connectivity index (χ0n) is 13.4. The predicted molar refractivity (Wildman–Crippen MR) is 83.4 cm³/mol. The summed E-state index contributed by atoms with van der Waals surface area (Å²) in [6, 6.07) is 7.98. The van der Waals surface area contributed by atoms with Gasteiger partial charge in [-0.1, -0.05) is 35.4 Å². The van der Waals surface area contributed by atoms with E-state index in [1.54, 1.807) is 32.9 Å². The number of hydrogen-bond donors (Lipinski definition) is 1. The van der Waals surface area contributed by atoms with E-state index in [1.165, 1.54) is 0 Å². The van der Waals surface area contributed by atoms with E-state index in [0.29, 0.717) is 0 Å². The minimum atomic E-state index is -1.11. The van der Waals surface area contributed by atoms with Crippen LogP contribution in [-0.2, 0) is 20.9 Å². The van der Waals surface area contributed by atoms with Gasteiger partial charge in [0, 0.05) is 4.91 Å². The van der Waals surface area contributed by atoms with E-state index in [0.717, 1.165) is 5.56 Å². The lowest BCUT2D eigenvalue weighted by Crippen LogP contribution is -2.45. The van der Waals surface area contributed by atoms with Gasteiger partial charge in [0.25, 0.3) is 0 Å². The molecule has 0 heterocycles. The van der Waals surface area contributed by atoms with Gasteiger partial charge < -0.3 is 14.8 Å². The van der Waals surface area contributed by atoms with Gasteiger partial charge in [0.1, 0.15) is 18.2 Å². The molecule has 1 N–H and O–H groups in total. The van der Waals surface area contributed by atoms with Gasteiger partial charge in [-0.05, 0) is 31.9 Å². The zero-order chi connectivity index (χ0) is 17.3. The molecular formula is C15H20N4O4. The van der Waals surface area contributed by atoms with Gasteiger partial charge in [-0.3, -0.25) is 0 Å². The Morgan fingerprint density at radius 2 is 1.96 bits per heavy atom. The fourth-order valence-corrected chi connectivity index (χ4v) is 1.58. The lowest BCUT2D eigenvalue weighted by Gasteiger charge is -2.22. The van der Waals surface area contributed by atoms with Crippen LogP contribution in [0.25, 0.3) is 10.4 Å². The standard InChI is InChI=1S/C15H20N4O4/c1-15(2,3)23-14(21)18-12(9-17-19-16)13(20)22-10-11-7-5-4-6-8-11/h4-8,12H,9-10H2,1-3H3,(H,18,21)/t12-/m0/s1. The van der Waals surface area contributed by atoms with Crippen LogP contribution in [0.1, 0.15) is 26.3 Å². The number of amides is 1. The number of ether oxygens (including phenoxy) is 2. The van der Waals surface area contributed by atoms with Crippen molar-refractivity contribution >= 4 is 12.1 Å². The van der Waals surface area contributed by atoms with Gasteiger partial charge >= 0.3 is 12.1 Å². The number of benzene rings is 1. The molecule has 0 aliphatic heterocycles. The number of alkyl carbamates (subject to hydrolysis) is 1. The van der Waals surface area contributed by atoms with Crippen LogP contribution < -0.4 is 5.32 Å². The Morgan fingerprint density at radius 3 is 2.52 bits per heavy atom. The third-order valence-corrected chi connectivity index (χ3v) is 2.53. The van der Waals surface area contributed by atoms with Crippen molar-refractivity contribution in [1.29, 1.82) is 0 Å². The molecule has 0 radical (unpaired) electrons. The van der Waals surface area contributed by atoms with Crippen molar-refractivity contribution in [3.05, 3.63) is 46.3 Å². The summed E-state index contributed by atoms with van der Waals surface area (Å²) >= 11 is 0. The smallest absolute Gasteiger partial charge is 0.408 e. The molecule has 0 spiro atoms. The average molecular weight is 320 g/mol. The van der Waals surface area contributed by atoms with Gasteiger partial charge in [-0.2, -0.15) is 0 Å². The van der Waals surface area contributed by atoms with Crippen molar-refractivity contribution in [1.82, 2.24) is 5.32 Å². The van der Waals surface area contributed by atoms with Crippen LogP contribution in [0, 0.1) is 0 Å². The number of carbonyl (C=O) groups is 2. The van der Waals surface area contributed by atoms with Crippen LogP contribution in [0.5, 0.6) is 0 Å². The molecule has 1 aromatic rings. The van der Waals surface area contributed by atoms with Crippen molar-refractivity contribution < 1.29 is 19.1 Å². The average Bonchev–Trinajstić information content (AvgIpc) is 2.48. The Kier molecular flexibility index (Phi) is 6.89. The second-order valence-corrected chi connectivity index (χ2v) is 5.71. The van der Waals surface area contributed by atoms with Crippen molar-refractivity contribution in [3.63, 3.8) is 0 Å². The van der Waals surface area contributed by atoms with E-state index in [9.17, 15) is 9.59 Å². The molecule has 1 aromatic carbocycles. The molecular weight excluding hydrogens is 300 g/mol. The van der Waals surface area contributed by atoms with Crippen LogP contribution in [0.15, 0.2) is 35.4 Å². The Labute approximate surface area is 134 Å². The van der Waals surface area contributed by atoms with Gasteiger partial charge in [0.05, 0.1) is 6.54 Å². The van der Waals surface area contributed by atoms with Crippen LogP contribution >= 0.6 is 0 Å². The molecule has 1 amide bonds. The summed E-state index contributed by atoms with van der Waals surface area (Å²) < 4.78 is 10.2. The largest absolute Gasteiger partial charge is 0.459 e. The summed E-state index contributed by atoms with van der Waals surface area (Å²) in [6.07, 6.45) is -0.785. The number of carbonyl (C=O) groups excluding carboxylic acids is 2. The topological polar surface area (TPSA) is 113 Å². The number of rotatable bonds is 6. The quantitative estimate of drug-likeness (QED) is 0.375. The molecule has 1 atom stereocenters. The molecule has 8 nitrogen and oxygen atoms in total. The number of hydrogen-bond acceptors (Lipinski definition) is 5. The van der Waals surface area contributed by atoms with Crippen molar-refractivity contribution in [2.24, 2.45) is 5.11 Å². The predicted octanol–water partition coefficient (Wildman–Crippen LogP) is 2.93. The van der Waals surface area contributed by atoms with Crippen LogP contribution in [-0.4, -0.2) is 30.3 Å². The summed E-state index contributed by atoms with van der Waals surface area (Å²) in [7, 11) is 0. The molecule has 0 saturated carbocycles. The molecule has 124 valence electrons. The van der Waals surface area contributed by atoms with Crippen molar-refractivity contribution in [2.45, 2.75) is 39.0 Å². The first-order valence-electron chi connectivity index (χ1n) is 7.03. The first-order chi connectivity index (χ1) is 10.8. The number of nitrogens with one attached hydrogen (secondary N) is 1. The molecule has 23 heavy (non-hydrogen) atoms. The van der Waals surface area contributed by atoms with Gasteiger partial charge in [0.2, 0.25) is 0 Å². The maximum atomic E-state index is 12.0. The Morgan fingerprint density at radius 1 is 1.30 bits per heavy atom. The van der Waals surface area contributed by atoms with Gasteiger partial charge in [-0.15, -0.1) is 0 Å². The second kappa shape index (κ2) is 8.65. The third-order valence-electron chi connectivity index (χ3n) is 2.53. The summed E-state index contributed by atoms with van der Waals surface area (Å²) in [5.41, 5.74) is 8.49. The maximum Gasteiger partial charge on any atom is 0.408 e. The lowest BCUT2D eigenvalue weighted by molar-refractivity contribution is -0.147. The number of nitrogens with zero attached hydrogens (tertiary/aromatic N) is 3.